The fourth-order valence-electron chi connectivity index (χ4n) is 3.33. The predicted molar refractivity (Wildman–Crippen MR) is 97.7 cm³/mol. The summed E-state index contributed by atoms with van der Waals surface area (Å²) in [5.41, 5.74) is 8.33. The van der Waals surface area contributed by atoms with Crippen molar-refractivity contribution >= 4 is 28.4 Å². The van der Waals surface area contributed by atoms with Crippen LogP contribution >= 0.6 is 11.8 Å². The standard InChI is InChI=1S/C19H19N3OS/c1-11-7-12(2)15(13(3)8-11)10-24-19-17-9-18-16(5-6-23-18)22(17)14(4)20-21-19/h5-9H,10H2,1-4H3. The topological polar surface area (TPSA) is 43.3 Å². The van der Waals surface area contributed by atoms with Crippen LogP contribution in [0.3, 0.4) is 0 Å². The highest BCUT2D eigenvalue weighted by Crippen LogP contribution is 2.31. The predicted octanol–water partition coefficient (Wildman–Crippen LogP) is 5.00. The second kappa shape index (κ2) is 5.67. The van der Waals surface area contributed by atoms with Gasteiger partial charge in [-0.2, -0.15) is 0 Å². The summed E-state index contributed by atoms with van der Waals surface area (Å²) in [6, 6.07) is 8.50. The van der Waals surface area contributed by atoms with Gasteiger partial charge in [-0.25, -0.2) is 0 Å². The number of hydrogen-bond donors (Lipinski definition) is 0. The van der Waals surface area contributed by atoms with Crippen LogP contribution in [0.1, 0.15) is 28.1 Å². The van der Waals surface area contributed by atoms with Crippen molar-refractivity contribution in [1.29, 1.82) is 0 Å². The maximum absolute atomic E-state index is 5.54. The number of nitrogens with zero attached hydrogens (tertiary/aromatic N) is 3. The molecule has 0 atom stereocenters. The van der Waals surface area contributed by atoms with Crippen LogP contribution in [-0.2, 0) is 5.75 Å². The number of benzene rings is 1. The largest absolute Gasteiger partial charge is 0.463 e. The van der Waals surface area contributed by atoms with Gasteiger partial charge in [0.25, 0.3) is 0 Å². The normalized spacial score (nSPS) is 11.7. The molecule has 0 saturated heterocycles. The summed E-state index contributed by atoms with van der Waals surface area (Å²) in [5, 5.41) is 9.69. The van der Waals surface area contributed by atoms with Crippen LogP contribution in [0.2, 0.25) is 0 Å². The molecule has 0 aliphatic rings. The number of furan rings is 1. The average molecular weight is 337 g/mol. The summed E-state index contributed by atoms with van der Waals surface area (Å²) >= 11 is 1.73. The molecule has 1 aromatic carbocycles. The summed E-state index contributed by atoms with van der Waals surface area (Å²) in [6.07, 6.45) is 1.71. The SMILES string of the molecule is Cc1cc(C)c(CSc2nnc(C)n3c2cc2occc23)c(C)c1. The first-order valence-corrected chi connectivity index (χ1v) is 8.94. The quantitative estimate of drug-likeness (QED) is 0.493. The zero-order chi connectivity index (χ0) is 16.8. The van der Waals surface area contributed by atoms with Gasteiger partial charge in [-0.1, -0.05) is 29.5 Å². The summed E-state index contributed by atoms with van der Waals surface area (Å²) in [4.78, 5) is 0. The van der Waals surface area contributed by atoms with Crippen LogP contribution in [0.25, 0.3) is 16.6 Å². The van der Waals surface area contributed by atoms with Crippen molar-refractivity contribution in [2.75, 3.05) is 0 Å². The van der Waals surface area contributed by atoms with E-state index in [-0.39, 0.29) is 0 Å². The molecule has 3 aromatic heterocycles. The average Bonchev–Trinajstić information content (AvgIpc) is 3.09. The Hall–Kier alpha value is -2.27. The van der Waals surface area contributed by atoms with Gasteiger partial charge in [-0.3, -0.25) is 4.40 Å². The fourth-order valence-corrected chi connectivity index (χ4v) is 4.46. The van der Waals surface area contributed by atoms with Crippen LogP contribution in [-0.4, -0.2) is 14.6 Å². The van der Waals surface area contributed by atoms with Gasteiger partial charge in [0.1, 0.15) is 10.9 Å². The Labute approximate surface area is 144 Å². The monoisotopic (exact) mass is 337 g/mol. The molecule has 0 aliphatic carbocycles. The molecule has 4 rings (SSSR count). The molecule has 0 fully saturated rings. The van der Waals surface area contributed by atoms with E-state index in [0.717, 1.165) is 33.2 Å². The Bertz CT molecular complexity index is 1040. The lowest BCUT2D eigenvalue weighted by molar-refractivity contribution is 0.616. The maximum atomic E-state index is 5.54. The molecule has 0 amide bonds. The Morgan fingerprint density at radius 3 is 2.50 bits per heavy atom. The van der Waals surface area contributed by atoms with Gasteiger partial charge in [0.05, 0.1) is 17.3 Å². The van der Waals surface area contributed by atoms with E-state index in [4.69, 9.17) is 4.42 Å². The Kier molecular flexibility index (Phi) is 3.61. The van der Waals surface area contributed by atoms with Crippen LogP contribution in [0.5, 0.6) is 0 Å². The summed E-state index contributed by atoms with van der Waals surface area (Å²) in [7, 11) is 0. The minimum atomic E-state index is 0.869. The minimum absolute atomic E-state index is 0.869. The summed E-state index contributed by atoms with van der Waals surface area (Å²) in [5.74, 6) is 1.76. The van der Waals surface area contributed by atoms with Gasteiger partial charge in [0.15, 0.2) is 5.58 Å². The molecule has 24 heavy (non-hydrogen) atoms. The first-order chi connectivity index (χ1) is 11.5. The second-order valence-electron chi connectivity index (χ2n) is 6.25. The van der Waals surface area contributed by atoms with Crippen molar-refractivity contribution in [2.24, 2.45) is 0 Å². The molecule has 122 valence electrons. The summed E-state index contributed by atoms with van der Waals surface area (Å²) in [6.45, 7) is 8.46. The molecule has 0 aliphatic heterocycles. The molecular formula is C19H19N3OS. The van der Waals surface area contributed by atoms with E-state index < -0.39 is 0 Å². The van der Waals surface area contributed by atoms with Gasteiger partial charge in [0.2, 0.25) is 0 Å². The van der Waals surface area contributed by atoms with E-state index in [0.29, 0.717) is 0 Å². The Balaban J connectivity index is 1.74. The number of fused-ring (bicyclic) bond motifs is 3. The minimum Gasteiger partial charge on any atom is -0.463 e. The molecule has 4 aromatic rings. The lowest BCUT2D eigenvalue weighted by Crippen LogP contribution is -2.00. The lowest BCUT2D eigenvalue weighted by Gasteiger charge is -2.11. The highest BCUT2D eigenvalue weighted by atomic mass is 32.2. The smallest absolute Gasteiger partial charge is 0.152 e. The number of hydrogen-bond acceptors (Lipinski definition) is 4. The van der Waals surface area contributed by atoms with Crippen molar-refractivity contribution < 1.29 is 4.42 Å². The zero-order valence-corrected chi connectivity index (χ0v) is 15.1. The van der Waals surface area contributed by atoms with E-state index in [2.05, 4.69) is 47.5 Å². The molecule has 5 heteroatoms. The van der Waals surface area contributed by atoms with Crippen molar-refractivity contribution in [1.82, 2.24) is 14.6 Å². The van der Waals surface area contributed by atoms with Crippen molar-refractivity contribution in [3.63, 3.8) is 0 Å². The van der Waals surface area contributed by atoms with E-state index in [1.807, 2.05) is 19.1 Å². The van der Waals surface area contributed by atoms with Gasteiger partial charge in [-0.05, 0) is 44.4 Å². The fraction of sp³-hybridized carbons (Fsp3) is 0.263. The van der Waals surface area contributed by atoms with Crippen molar-refractivity contribution in [2.45, 2.75) is 38.5 Å². The van der Waals surface area contributed by atoms with Gasteiger partial charge in [0, 0.05) is 17.9 Å². The zero-order valence-electron chi connectivity index (χ0n) is 14.3. The van der Waals surface area contributed by atoms with E-state index in [1.54, 1.807) is 18.0 Å². The molecule has 0 spiro atoms. The first kappa shape index (κ1) is 15.3. The van der Waals surface area contributed by atoms with Crippen LogP contribution in [0.4, 0.5) is 0 Å². The third kappa shape index (κ3) is 2.40. The molecule has 3 heterocycles. The third-order valence-corrected chi connectivity index (χ3v) is 5.44. The van der Waals surface area contributed by atoms with Crippen LogP contribution < -0.4 is 0 Å². The van der Waals surface area contributed by atoms with Gasteiger partial charge in [-0.15, -0.1) is 10.2 Å². The van der Waals surface area contributed by atoms with E-state index in [1.165, 1.54) is 22.3 Å². The number of aromatic nitrogens is 3. The molecular weight excluding hydrogens is 318 g/mol. The lowest BCUT2D eigenvalue weighted by atomic mass is 10.0. The van der Waals surface area contributed by atoms with Gasteiger partial charge >= 0.3 is 0 Å². The third-order valence-electron chi connectivity index (χ3n) is 4.44. The van der Waals surface area contributed by atoms with Crippen LogP contribution in [0, 0.1) is 27.7 Å². The molecule has 0 radical (unpaired) electrons. The number of rotatable bonds is 3. The number of aryl methyl sites for hydroxylation is 4. The van der Waals surface area contributed by atoms with Crippen molar-refractivity contribution in [3.05, 3.63) is 58.6 Å². The molecule has 4 nitrogen and oxygen atoms in total. The van der Waals surface area contributed by atoms with Crippen molar-refractivity contribution in [3.8, 4) is 0 Å². The summed E-state index contributed by atoms with van der Waals surface area (Å²) < 4.78 is 7.66. The number of thioether (sulfide) groups is 1. The van der Waals surface area contributed by atoms with E-state index >= 15 is 0 Å². The highest BCUT2D eigenvalue weighted by molar-refractivity contribution is 7.98. The Morgan fingerprint density at radius 1 is 1.00 bits per heavy atom. The first-order valence-electron chi connectivity index (χ1n) is 7.96. The maximum Gasteiger partial charge on any atom is 0.152 e. The van der Waals surface area contributed by atoms with Crippen LogP contribution in [0.15, 0.2) is 40.0 Å². The highest BCUT2D eigenvalue weighted by Gasteiger charge is 2.14. The molecule has 0 unspecified atom stereocenters. The Morgan fingerprint density at radius 2 is 1.75 bits per heavy atom. The van der Waals surface area contributed by atoms with E-state index in [9.17, 15) is 0 Å². The molecule has 0 saturated carbocycles. The molecule has 0 bridgehead atoms. The molecule has 0 N–H and O–H groups in total. The van der Waals surface area contributed by atoms with Gasteiger partial charge < -0.3 is 4.42 Å². The second-order valence-corrected chi connectivity index (χ2v) is 7.22.